The topological polar surface area (TPSA) is 74.5 Å². The van der Waals surface area contributed by atoms with Crippen LogP contribution in [0.3, 0.4) is 0 Å². The van der Waals surface area contributed by atoms with E-state index in [9.17, 15) is 9.90 Å². The van der Waals surface area contributed by atoms with Gasteiger partial charge in [0.2, 0.25) is 5.91 Å². The number of β-amino-alcohol motifs (C(OH)–C–C–N with tert-alkyl or cyclic N) is 1. The minimum atomic E-state index is -0.492. The Bertz CT molecular complexity index is 835. The molecule has 4 rings (SSSR count). The molecular weight excluding hydrogens is 366 g/mol. The number of aliphatic hydroxyl groups is 1. The zero-order valence-corrected chi connectivity index (χ0v) is 17.4. The summed E-state index contributed by atoms with van der Waals surface area (Å²) in [4.78, 5) is 16.8. The molecule has 7 nitrogen and oxygen atoms in total. The molecule has 156 valence electrons. The fourth-order valence-corrected chi connectivity index (χ4v) is 4.45. The number of hydrogen-bond acceptors (Lipinski definition) is 5. The van der Waals surface area contributed by atoms with E-state index in [1.165, 1.54) is 5.56 Å². The fraction of sp³-hybridized carbons (Fsp3) is 0.591. The highest BCUT2D eigenvalue weighted by Crippen LogP contribution is 2.33. The van der Waals surface area contributed by atoms with Crippen molar-refractivity contribution in [2.24, 2.45) is 5.92 Å². The predicted molar refractivity (Wildman–Crippen MR) is 110 cm³/mol. The molecule has 2 aromatic rings. The van der Waals surface area contributed by atoms with Crippen molar-refractivity contribution in [3.63, 3.8) is 0 Å². The summed E-state index contributed by atoms with van der Waals surface area (Å²) in [7, 11) is 0. The smallest absolute Gasteiger partial charge is 0.225 e. The lowest BCUT2D eigenvalue weighted by atomic mass is 10.1. The van der Waals surface area contributed by atoms with E-state index in [1.807, 2.05) is 13.8 Å². The van der Waals surface area contributed by atoms with Crippen LogP contribution in [0.15, 0.2) is 30.3 Å². The van der Waals surface area contributed by atoms with Gasteiger partial charge in [0.05, 0.1) is 18.7 Å². The van der Waals surface area contributed by atoms with Crippen molar-refractivity contribution in [3.8, 4) is 0 Å². The average molecular weight is 398 g/mol. The Morgan fingerprint density at radius 2 is 2.00 bits per heavy atom. The van der Waals surface area contributed by atoms with Crippen LogP contribution in [0.2, 0.25) is 0 Å². The van der Waals surface area contributed by atoms with Crippen molar-refractivity contribution < 1.29 is 9.90 Å². The van der Waals surface area contributed by atoms with Gasteiger partial charge in [-0.25, -0.2) is 0 Å². The number of carbonyl (C=O) groups excluding carboxylic acids is 1. The first-order valence-electron chi connectivity index (χ1n) is 10.7. The van der Waals surface area contributed by atoms with Gasteiger partial charge in [0.1, 0.15) is 5.82 Å². The molecule has 2 aliphatic heterocycles. The Morgan fingerprint density at radius 1 is 1.21 bits per heavy atom. The molecule has 2 atom stereocenters. The molecule has 0 unspecified atom stereocenters. The van der Waals surface area contributed by atoms with Crippen LogP contribution in [0.5, 0.6) is 0 Å². The third-order valence-corrected chi connectivity index (χ3v) is 6.00. The van der Waals surface area contributed by atoms with Crippen LogP contribution in [0.4, 0.5) is 0 Å². The number of aromatic nitrogens is 3. The standard InChI is InChI=1S/C22H31N5O2/c1-16(2)22(29)27-14-18(28)13-19(27)21-24-23-20-15-25(11-12-26(20)21)10-6-9-17-7-4-3-5-8-17/h3-5,7-8,16,18-19,28H,6,9-15H2,1-2H3/t18-,19+/m1/s1. The Morgan fingerprint density at radius 3 is 2.76 bits per heavy atom. The van der Waals surface area contributed by atoms with Crippen molar-refractivity contribution in [1.29, 1.82) is 0 Å². The van der Waals surface area contributed by atoms with Gasteiger partial charge in [-0.15, -0.1) is 10.2 Å². The minimum absolute atomic E-state index is 0.0715. The molecule has 0 radical (unpaired) electrons. The third-order valence-electron chi connectivity index (χ3n) is 6.00. The monoisotopic (exact) mass is 397 g/mol. The highest BCUT2D eigenvalue weighted by Gasteiger charge is 2.39. The number of nitrogens with zero attached hydrogens (tertiary/aromatic N) is 5. The maximum absolute atomic E-state index is 12.6. The van der Waals surface area contributed by atoms with Gasteiger partial charge in [0.15, 0.2) is 5.82 Å². The van der Waals surface area contributed by atoms with Gasteiger partial charge in [-0.2, -0.15) is 0 Å². The molecule has 1 fully saturated rings. The summed E-state index contributed by atoms with van der Waals surface area (Å²) in [6.45, 7) is 7.80. The molecule has 1 aromatic heterocycles. The summed E-state index contributed by atoms with van der Waals surface area (Å²) < 4.78 is 2.16. The first kappa shape index (κ1) is 20.0. The lowest BCUT2D eigenvalue weighted by molar-refractivity contribution is -0.135. The number of amides is 1. The molecule has 2 aliphatic rings. The van der Waals surface area contributed by atoms with Crippen LogP contribution in [0, 0.1) is 5.92 Å². The van der Waals surface area contributed by atoms with Gasteiger partial charge >= 0.3 is 0 Å². The summed E-state index contributed by atoms with van der Waals surface area (Å²) in [5.74, 6) is 1.77. The molecule has 1 amide bonds. The molecule has 1 aromatic carbocycles. The number of fused-ring (bicyclic) bond motifs is 1. The van der Waals surface area contributed by atoms with Gasteiger partial charge in [0, 0.05) is 32.0 Å². The van der Waals surface area contributed by atoms with Crippen LogP contribution >= 0.6 is 0 Å². The zero-order valence-electron chi connectivity index (χ0n) is 17.4. The Balaban J connectivity index is 1.39. The first-order chi connectivity index (χ1) is 14.0. The van der Waals surface area contributed by atoms with Crippen LogP contribution in [-0.4, -0.2) is 61.3 Å². The van der Waals surface area contributed by atoms with Gasteiger partial charge in [0.25, 0.3) is 0 Å². The molecule has 1 saturated heterocycles. The van der Waals surface area contributed by atoms with Crippen molar-refractivity contribution in [1.82, 2.24) is 24.6 Å². The first-order valence-corrected chi connectivity index (χ1v) is 10.7. The van der Waals surface area contributed by atoms with Crippen LogP contribution in [-0.2, 0) is 24.3 Å². The molecule has 0 spiro atoms. The zero-order chi connectivity index (χ0) is 20.4. The normalized spacial score (nSPS) is 22.3. The van der Waals surface area contributed by atoms with Crippen molar-refractivity contribution >= 4 is 5.91 Å². The molecule has 7 heteroatoms. The second-order valence-corrected chi connectivity index (χ2v) is 8.54. The molecule has 0 bridgehead atoms. The quantitative estimate of drug-likeness (QED) is 0.807. The second kappa shape index (κ2) is 8.63. The minimum Gasteiger partial charge on any atom is -0.391 e. The summed E-state index contributed by atoms with van der Waals surface area (Å²) in [6, 6.07) is 10.4. The highest BCUT2D eigenvalue weighted by atomic mass is 16.3. The van der Waals surface area contributed by atoms with Crippen molar-refractivity contribution in [2.45, 2.75) is 58.3 Å². The molecule has 1 N–H and O–H groups in total. The largest absolute Gasteiger partial charge is 0.391 e. The van der Waals surface area contributed by atoms with Gasteiger partial charge in [-0.3, -0.25) is 9.69 Å². The molecule has 0 saturated carbocycles. The number of aliphatic hydroxyl groups excluding tert-OH is 1. The number of likely N-dealkylation sites (tertiary alicyclic amines) is 1. The van der Waals surface area contributed by atoms with Gasteiger partial charge in [-0.05, 0) is 24.9 Å². The van der Waals surface area contributed by atoms with E-state index in [0.29, 0.717) is 13.0 Å². The molecule has 3 heterocycles. The number of aryl methyl sites for hydroxylation is 1. The predicted octanol–water partition coefficient (Wildman–Crippen LogP) is 2.02. The number of rotatable bonds is 6. The maximum Gasteiger partial charge on any atom is 0.225 e. The Kier molecular flexibility index (Phi) is 5.96. The fourth-order valence-electron chi connectivity index (χ4n) is 4.45. The van der Waals surface area contributed by atoms with E-state index in [4.69, 9.17) is 0 Å². The van der Waals surface area contributed by atoms with Gasteiger partial charge < -0.3 is 14.6 Å². The Labute approximate surface area is 172 Å². The summed E-state index contributed by atoms with van der Waals surface area (Å²) in [6.07, 6.45) is 2.25. The number of hydrogen-bond donors (Lipinski definition) is 1. The van der Waals surface area contributed by atoms with Gasteiger partial charge in [-0.1, -0.05) is 44.2 Å². The average Bonchev–Trinajstić information content (AvgIpc) is 3.30. The van der Waals surface area contributed by atoms with Crippen LogP contribution in [0.1, 0.15) is 49.9 Å². The van der Waals surface area contributed by atoms with E-state index in [1.54, 1.807) is 4.90 Å². The number of carbonyl (C=O) groups is 1. The maximum atomic E-state index is 12.6. The van der Waals surface area contributed by atoms with E-state index in [-0.39, 0.29) is 17.9 Å². The third kappa shape index (κ3) is 4.36. The lowest BCUT2D eigenvalue weighted by Crippen LogP contribution is -2.38. The van der Waals surface area contributed by atoms with E-state index < -0.39 is 6.10 Å². The molecule has 0 aliphatic carbocycles. The van der Waals surface area contributed by atoms with E-state index in [2.05, 4.69) is 50.0 Å². The number of benzene rings is 1. The van der Waals surface area contributed by atoms with Crippen LogP contribution in [0.25, 0.3) is 0 Å². The van der Waals surface area contributed by atoms with Crippen LogP contribution < -0.4 is 0 Å². The molecule has 29 heavy (non-hydrogen) atoms. The highest BCUT2D eigenvalue weighted by molar-refractivity contribution is 5.78. The molecular formula is C22H31N5O2. The Hall–Kier alpha value is -2.25. The van der Waals surface area contributed by atoms with Crippen molar-refractivity contribution in [3.05, 3.63) is 47.5 Å². The second-order valence-electron chi connectivity index (χ2n) is 8.54. The van der Waals surface area contributed by atoms with E-state index in [0.717, 1.165) is 50.7 Å². The summed E-state index contributed by atoms with van der Waals surface area (Å²) in [5.41, 5.74) is 1.38. The summed E-state index contributed by atoms with van der Waals surface area (Å²) >= 11 is 0. The van der Waals surface area contributed by atoms with Crippen molar-refractivity contribution in [2.75, 3.05) is 19.6 Å². The SMILES string of the molecule is CC(C)C(=O)N1C[C@H](O)C[C@H]1c1nnc2n1CCN(CCCc1ccccc1)C2. The summed E-state index contributed by atoms with van der Waals surface area (Å²) in [5, 5.41) is 19.1. The van der Waals surface area contributed by atoms with E-state index >= 15 is 0 Å². The lowest BCUT2D eigenvalue weighted by Gasteiger charge is -2.30.